The molecular formula is C16H12N2O3S. The normalized spacial score (nSPS) is 9.68. The largest absolute Gasteiger partial charge is 0.299 e. The molecule has 5 nitrogen and oxygen atoms in total. The van der Waals surface area contributed by atoms with Crippen LogP contribution >= 0.6 is 0 Å². The monoisotopic (exact) mass is 312 g/mol. The van der Waals surface area contributed by atoms with Crippen LogP contribution in [0, 0.1) is 22.7 Å². The first-order valence-corrected chi connectivity index (χ1v) is 7.11. The minimum absolute atomic E-state index is 0.628. The van der Waals surface area contributed by atoms with E-state index in [1.807, 2.05) is 48.6 Å². The summed E-state index contributed by atoms with van der Waals surface area (Å²) in [6.07, 6.45) is 3.71. The van der Waals surface area contributed by atoms with Crippen LogP contribution in [0.15, 0.2) is 48.5 Å². The van der Waals surface area contributed by atoms with E-state index in [4.69, 9.17) is 23.8 Å². The summed E-state index contributed by atoms with van der Waals surface area (Å²) >= 11 is -2.61. The van der Waals surface area contributed by atoms with Crippen LogP contribution in [0.1, 0.15) is 22.3 Å². The standard InChI is InChI=1S/C16H10N2.H2O3S/c17-11-15-7-3-1-5-13(15)9-10-14-6-2-4-8-16(14)12-18;1-4(2)3/h1-10H;(H2,1,2,3). The molecule has 2 N–H and O–H groups in total. The predicted octanol–water partition coefficient (Wildman–Crippen LogP) is 3.28. The van der Waals surface area contributed by atoms with Gasteiger partial charge in [0, 0.05) is 0 Å². The number of hydrogen-bond acceptors (Lipinski definition) is 3. The second-order valence-electron chi connectivity index (χ2n) is 3.96. The van der Waals surface area contributed by atoms with E-state index >= 15 is 0 Å². The van der Waals surface area contributed by atoms with Crippen LogP contribution in [-0.4, -0.2) is 13.3 Å². The smallest absolute Gasteiger partial charge is 0.284 e. The Balaban J connectivity index is 0.000000541. The maximum Gasteiger partial charge on any atom is 0.299 e. The highest BCUT2D eigenvalue weighted by molar-refractivity contribution is 7.73. The van der Waals surface area contributed by atoms with Gasteiger partial charge in [0.15, 0.2) is 0 Å². The van der Waals surface area contributed by atoms with Crippen molar-refractivity contribution in [3.05, 3.63) is 70.8 Å². The molecule has 0 fully saturated rings. The summed E-state index contributed by atoms with van der Waals surface area (Å²) in [5, 5.41) is 18.0. The topological polar surface area (TPSA) is 105 Å². The van der Waals surface area contributed by atoms with Crippen molar-refractivity contribution in [3.8, 4) is 12.1 Å². The lowest BCUT2D eigenvalue weighted by Gasteiger charge is -1.98. The van der Waals surface area contributed by atoms with Crippen molar-refractivity contribution in [1.29, 1.82) is 10.5 Å². The Bertz CT molecular complexity index is 710. The van der Waals surface area contributed by atoms with E-state index < -0.39 is 11.4 Å². The van der Waals surface area contributed by atoms with Gasteiger partial charge in [-0.1, -0.05) is 48.6 Å². The van der Waals surface area contributed by atoms with Crippen molar-refractivity contribution >= 4 is 23.5 Å². The molecule has 0 aliphatic carbocycles. The quantitative estimate of drug-likeness (QED) is 0.654. The molecule has 2 aromatic rings. The molecule has 0 amide bonds. The van der Waals surface area contributed by atoms with Gasteiger partial charge in [-0.05, 0) is 23.3 Å². The molecule has 0 saturated heterocycles. The molecule has 22 heavy (non-hydrogen) atoms. The maximum absolute atomic E-state index is 8.98. The first kappa shape index (κ1) is 17.3. The Morgan fingerprint density at radius 3 is 1.45 bits per heavy atom. The van der Waals surface area contributed by atoms with Gasteiger partial charge in [-0.2, -0.15) is 14.7 Å². The molecule has 2 aromatic carbocycles. The Morgan fingerprint density at radius 1 is 0.818 bits per heavy atom. The zero-order valence-corrected chi connectivity index (χ0v) is 12.2. The van der Waals surface area contributed by atoms with Gasteiger partial charge in [0.05, 0.1) is 23.3 Å². The molecule has 0 bridgehead atoms. The highest BCUT2D eigenvalue weighted by Gasteiger charge is 1.98. The summed E-state index contributed by atoms with van der Waals surface area (Å²) in [5.41, 5.74) is 2.96. The third-order valence-electron chi connectivity index (χ3n) is 2.60. The van der Waals surface area contributed by atoms with E-state index in [1.165, 1.54) is 0 Å². The fourth-order valence-electron chi connectivity index (χ4n) is 1.67. The Morgan fingerprint density at radius 2 is 1.14 bits per heavy atom. The van der Waals surface area contributed by atoms with E-state index in [1.54, 1.807) is 12.1 Å². The molecule has 0 aliphatic rings. The van der Waals surface area contributed by atoms with Gasteiger partial charge in [0.2, 0.25) is 0 Å². The molecule has 0 aliphatic heterocycles. The predicted molar refractivity (Wildman–Crippen MR) is 84.6 cm³/mol. The molecule has 6 heteroatoms. The van der Waals surface area contributed by atoms with Gasteiger partial charge in [-0.15, -0.1) is 0 Å². The van der Waals surface area contributed by atoms with Gasteiger partial charge in [-0.3, -0.25) is 9.11 Å². The van der Waals surface area contributed by atoms with Gasteiger partial charge in [0.1, 0.15) is 0 Å². The summed E-state index contributed by atoms with van der Waals surface area (Å²) in [4.78, 5) is 0. The Labute approximate surface area is 130 Å². The zero-order chi connectivity index (χ0) is 16.4. The fraction of sp³-hybridized carbons (Fsp3) is 0. The number of benzene rings is 2. The van der Waals surface area contributed by atoms with Crippen LogP contribution in [0.4, 0.5) is 0 Å². The van der Waals surface area contributed by atoms with E-state index in [0.717, 1.165) is 11.1 Å². The van der Waals surface area contributed by atoms with Crippen LogP contribution in [0.3, 0.4) is 0 Å². The van der Waals surface area contributed by atoms with Crippen molar-refractivity contribution in [1.82, 2.24) is 0 Å². The Kier molecular flexibility index (Phi) is 7.24. The van der Waals surface area contributed by atoms with Crippen LogP contribution in [-0.2, 0) is 11.4 Å². The van der Waals surface area contributed by atoms with Crippen LogP contribution in [0.2, 0.25) is 0 Å². The molecule has 0 radical (unpaired) electrons. The minimum atomic E-state index is -2.61. The van der Waals surface area contributed by atoms with Crippen LogP contribution < -0.4 is 0 Å². The summed E-state index contributed by atoms with van der Waals surface area (Å²) in [7, 11) is 0. The van der Waals surface area contributed by atoms with Crippen molar-refractivity contribution in [2.24, 2.45) is 0 Å². The second-order valence-corrected chi connectivity index (χ2v) is 4.42. The Hall–Kier alpha value is -2.77. The molecule has 110 valence electrons. The molecule has 0 unspecified atom stereocenters. The van der Waals surface area contributed by atoms with Crippen molar-refractivity contribution in [3.63, 3.8) is 0 Å². The van der Waals surface area contributed by atoms with E-state index in [2.05, 4.69) is 12.1 Å². The molecule has 0 heterocycles. The lowest BCUT2D eigenvalue weighted by Crippen LogP contribution is -1.82. The van der Waals surface area contributed by atoms with Crippen LogP contribution in [0.5, 0.6) is 0 Å². The lowest BCUT2D eigenvalue weighted by atomic mass is 10.0. The zero-order valence-electron chi connectivity index (χ0n) is 11.4. The van der Waals surface area contributed by atoms with E-state index in [0.29, 0.717) is 11.1 Å². The van der Waals surface area contributed by atoms with Crippen LogP contribution in [0.25, 0.3) is 12.2 Å². The summed E-state index contributed by atoms with van der Waals surface area (Å²) in [6, 6.07) is 19.0. The van der Waals surface area contributed by atoms with Crippen molar-refractivity contribution < 1.29 is 13.3 Å². The maximum atomic E-state index is 8.98. The van der Waals surface area contributed by atoms with Gasteiger partial charge in [0.25, 0.3) is 11.4 Å². The minimum Gasteiger partial charge on any atom is -0.284 e. The average molecular weight is 312 g/mol. The summed E-state index contributed by atoms with van der Waals surface area (Å²) < 4.78 is 22.8. The summed E-state index contributed by atoms with van der Waals surface area (Å²) in [6.45, 7) is 0. The number of nitrogens with zero attached hydrogens (tertiary/aromatic N) is 2. The second kappa shape index (κ2) is 9.22. The number of nitriles is 2. The fourth-order valence-corrected chi connectivity index (χ4v) is 1.67. The first-order valence-electron chi connectivity index (χ1n) is 6.04. The molecule has 2 rings (SSSR count). The highest BCUT2D eigenvalue weighted by atomic mass is 32.2. The van der Waals surface area contributed by atoms with Crippen molar-refractivity contribution in [2.75, 3.05) is 0 Å². The van der Waals surface area contributed by atoms with Gasteiger partial charge < -0.3 is 0 Å². The molecule has 0 spiro atoms. The first-order chi connectivity index (χ1) is 10.6. The summed E-state index contributed by atoms with van der Waals surface area (Å²) in [5.74, 6) is 0. The average Bonchev–Trinajstić information content (AvgIpc) is 2.53. The number of rotatable bonds is 2. The van der Waals surface area contributed by atoms with E-state index in [-0.39, 0.29) is 0 Å². The van der Waals surface area contributed by atoms with Crippen molar-refractivity contribution in [2.45, 2.75) is 0 Å². The molecular weight excluding hydrogens is 300 g/mol. The SMILES string of the molecule is N#Cc1ccccc1C=Cc1ccccc1C#N.O=S(O)O. The number of hydrogen-bond donors (Lipinski definition) is 2. The third kappa shape index (κ3) is 5.70. The highest BCUT2D eigenvalue weighted by Crippen LogP contribution is 2.14. The molecule has 0 atom stereocenters. The third-order valence-corrected chi connectivity index (χ3v) is 2.60. The lowest BCUT2D eigenvalue weighted by molar-refractivity contribution is 0.454. The molecule has 0 saturated carbocycles. The van der Waals surface area contributed by atoms with Gasteiger partial charge in [-0.25, -0.2) is 0 Å². The molecule has 0 aromatic heterocycles. The van der Waals surface area contributed by atoms with E-state index in [9.17, 15) is 0 Å². The van der Waals surface area contributed by atoms with Gasteiger partial charge >= 0.3 is 0 Å².